The molecule has 1 aliphatic heterocycles. The number of nitrogens with zero attached hydrogens (tertiary/aromatic N) is 1. The van der Waals surface area contributed by atoms with Crippen LogP contribution in [0.5, 0.6) is 0 Å². The van der Waals surface area contributed by atoms with Crippen LogP contribution in [0, 0.1) is 5.92 Å². The van der Waals surface area contributed by atoms with Crippen LogP contribution in [0.25, 0.3) is 0 Å². The van der Waals surface area contributed by atoms with Crippen LogP contribution in [-0.4, -0.2) is 54.0 Å². The topological polar surface area (TPSA) is 61.8 Å². The number of aliphatic hydroxyl groups excluding tert-OH is 1. The molecule has 1 rings (SSSR count). The minimum Gasteiger partial charge on any atom is -0.444 e. The number of carbonyl (C=O) groups is 1. The molecule has 1 aliphatic rings. The molecule has 1 saturated heterocycles. The number of ether oxygens (including phenoxy) is 1. The average molecular weight is 328 g/mol. The van der Waals surface area contributed by atoms with Gasteiger partial charge in [-0.3, -0.25) is 0 Å². The van der Waals surface area contributed by atoms with Crippen LogP contribution >= 0.6 is 0 Å². The van der Waals surface area contributed by atoms with Gasteiger partial charge in [-0.2, -0.15) is 0 Å². The number of amides is 1. The van der Waals surface area contributed by atoms with Crippen molar-refractivity contribution < 1.29 is 14.6 Å². The highest BCUT2D eigenvalue weighted by molar-refractivity contribution is 5.68. The first-order valence-corrected chi connectivity index (χ1v) is 9.18. The fourth-order valence-electron chi connectivity index (χ4n) is 3.17. The molecule has 0 aromatic rings. The number of carbonyl (C=O) groups excluding carboxylic acids is 1. The van der Waals surface area contributed by atoms with Gasteiger partial charge in [-0.05, 0) is 65.3 Å². The lowest BCUT2D eigenvalue weighted by atomic mass is 9.99. The molecule has 2 unspecified atom stereocenters. The fraction of sp³-hybridized carbons (Fsp3) is 0.944. The van der Waals surface area contributed by atoms with Gasteiger partial charge in [0.05, 0.1) is 0 Å². The Bertz CT molecular complexity index is 336. The first kappa shape index (κ1) is 20.2. The number of aliphatic hydroxyl groups is 1. The molecule has 23 heavy (non-hydrogen) atoms. The van der Waals surface area contributed by atoms with Crippen molar-refractivity contribution in [1.29, 1.82) is 0 Å². The maximum Gasteiger partial charge on any atom is 0.410 e. The summed E-state index contributed by atoms with van der Waals surface area (Å²) in [5.41, 5.74) is -0.445. The molecule has 5 nitrogen and oxygen atoms in total. The zero-order valence-corrected chi connectivity index (χ0v) is 15.4. The van der Waals surface area contributed by atoms with Gasteiger partial charge < -0.3 is 20.1 Å². The summed E-state index contributed by atoms with van der Waals surface area (Å²) >= 11 is 0. The molecule has 0 aromatic carbocycles. The van der Waals surface area contributed by atoms with Gasteiger partial charge in [-0.25, -0.2) is 4.79 Å². The highest BCUT2D eigenvalue weighted by Gasteiger charge is 2.30. The number of hydrogen-bond donors (Lipinski definition) is 2. The van der Waals surface area contributed by atoms with E-state index >= 15 is 0 Å². The van der Waals surface area contributed by atoms with Crippen LogP contribution in [0.15, 0.2) is 0 Å². The van der Waals surface area contributed by atoms with Gasteiger partial charge in [0.15, 0.2) is 0 Å². The maximum absolute atomic E-state index is 12.4. The van der Waals surface area contributed by atoms with Crippen LogP contribution in [-0.2, 0) is 4.74 Å². The first-order valence-electron chi connectivity index (χ1n) is 9.18. The van der Waals surface area contributed by atoms with E-state index < -0.39 is 5.60 Å². The van der Waals surface area contributed by atoms with Gasteiger partial charge in [0.25, 0.3) is 0 Å². The van der Waals surface area contributed by atoms with Gasteiger partial charge >= 0.3 is 6.09 Å². The molecular weight excluding hydrogens is 292 g/mol. The van der Waals surface area contributed by atoms with Crippen molar-refractivity contribution in [2.24, 2.45) is 5.92 Å². The molecule has 2 N–H and O–H groups in total. The van der Waals surface area contributed by atoms with E-state index in [2.05, 4.69) is 12.2 Å². The van der Waals surface area contributed by atoms with Gasteiger partial charge in [0.2, 0.25) is 0 Å². The maximum atomic E-state index is 12.4. The smallest absolute Gasteiger partial charge is 0.410 e. The molecule has 1 fully saturated rings. The quantitative estimate of drug-likeness (QED) is 0.718. The number of piperidine rings is 1. The van der Waals surface area contributed by atoms with E-state index in [0.29, 0.717) is 5.92 Å². The van der Waals surface area contributed by atoms with Crippen LogP contribution in [0.4, 0.5) is 4.79 Å². The molecule has 136 valence electrons. The largest absolute Gasteiger partial charge is 0.444 e. The van der Waals surface area contributed by atoms with Crippen molar-refractivity contribution in [2.45, 2.75) is 77.9 Å². The summed E-state index contributed by atoms with van der Waals surface area (Å²) in [6, 6.07) is 0.218. The molecule has 0 bridgehead atoms. The van der Waals surface area contributed by atoms with Gasteiger partial charge in [-0.15, -0.1) is 0 Å². The fourth-order valence-corrected chi connectivity index (χ4v) is 3.17. The minimum absolute atomic E-state index is 0.190. The van der Waals surface area contributed by atoms with Gasteiger partial charge in [-0.1, -0.05) is 13.3 Å². The Balaban J connectivity index is 2.46. The highest BCUT2D eigenvalue weighted by Crippen LogP contribution is 2.20. The molecule has 5 heteroatoms. The number of nitrogens with one attached hydrogen (secondary N) is 1. The van der Waals surface area contributed by atoms with Crippen LogP contribution in [0.3, 0.4) is 0 Å². The summed E-state index contributed by atoms with van der Waals surface area (Å²) in [5, 5.41) is 12.6. The Hall–Kier alpha value is -0.810. The predicted molar refractivity (Wildman–Crippen MR) is 93.5 cm³/mol. The van der Waals surface area contributed by atoms with Crippen molar-refractivity contribution in [2.75, 3.05) is 26.2 Å². The summed E-state index contributed by atoms with van der Waals surface area (Å²) < 4.78 is 5.54. The Labute approximate surface area is 141 Å². The number of likely N-dealkylation sites (tertiary alicyclic amines) is 1. The van der Waals surface area contributed by atoms with Crippen molar-refractivity contribution in [3.63, 3.8) is 0 Å². The van der Waals surface area contributed by atoms with E-state index in [1.54, 1.807) is 0 Å². The molecule has 2 atom stereocenters. The van der Waals surface area contributed by atoms with Crippen molar-refractivity contribution in [1.82, 2.24) is 10.2 Å². The van der Waals surface area contributed by atoms with E-state index in [-0.39, 0.29) is 18.7 Å². The Kier molecular flexibility index (Phi) is 8.92. The van der Waals surface area contributed by atoms with E-state index in [1.165, 1.54) is 6.42 Å². The zero-order chi connectivity index (χ0) is 17.3. The van der Waals surface area contributed by atoms with Crippen LogP contribution in [0.1, 0.15) is 66.2 Å². The third kappa shape index (κ3) is 8.02. The molecule has 0 aliphatic carbocycles. The monoisotopic (exact) mass is 328 g/mol. The predicted octanol–water partition coefficient (Wildman–Crippen LogP) is 3.16. The second-order valence-corrected chi connectivity index (χ2v) is 7.65. The third-order valence-corrected chi connectivity index (χ3v) is 4.30. The number of hydrogen-bond acceptors (Lipinski definition) is 4. The van der Waals surface area contributed by atoms with E-state index in [1.807, 2.05) is 25.7 Å². The van der Waals surface area contributed by atoms with Crippen LogP contribution < -0.4 is 5.32 Å². The van der Waals surface area contributed by atoms with Gasteiger partial charge in [0, 0.05) is 25.7 Å². The van der Waals surface area contributed by atoms with E-state index in [0.717, 1.165) is 51.7 Å². The lowest BCUT2D eigenvalue weighted by molar-refractivity contribution is 0.00986. The second-order valence-electron chi connectivity index (χ2n) is 7.65. The summed E-state index contributed by atoms with van der Waals surface area (Å²) in [7, 11) is 0. The lowest BCUT2D eigenvalue weighted by Crippen LogP contribution is -2.50. The molecular formula is C18H36N2O3. The molecule has 0 spiro atoms. The molecule has 0 radical (unpaired) electrons. The standard InChI is InChI=1S/C18H36N2O3/c1-5-8-15(10-12-21)13-19-14-16-9-6-7-11-20(16)17(22)23-18(2,3)4/h15-16,19,21H,5-14H2,1-4H3. The van der Waals surface area contributed by atoms with Crippen molar-refractivity contribution in [3.8, 4) is 0 Å². The van der Waals surface area contributed by atoms with E-state index in [9.17, 15) is 4.79 Å². The summed E-state index contributed by atoms with van der Waals surface area (Å²) in [6.45, 7) is 10.7. The highest BCUT2D eigenvalue weighted by atomic mass is 16.6. The Morgan fingerprint density at radius 2 is 2.09 bits per heavy atom. The van der Waals surface area contributed by atoms with Crippen molar-refractivity contribution in [3.05, 3.63) is 0 Å². The molecule has 1 amide bonds. The van der Waals surface area contributed by atoms with Crippen molar-refractivity contribution >= 4 is 6.09 Å². The lowest BCUT2D eigenvalue weighted by Gasteiger charge is -2.37. The molecule has 0 saturated carbocycles. The Morgan fingerprint density at radius 1 is 1.35 bits per heavy atom. The number of rotatable bonds is 8. The first-order chi connectivity index (χ1) is 10.9. The average Bonchev–Trinajstić information content (AvgIpc) is 2.46. The summed E-state index contributed by atoms with van der Waals surface area (Å²) in [4.78, 5) is 14.3. The minimum atomic E-state index is -0.445. The second kappa shape index (κ2) is 10.1. The van der Waals surface area contributed by atoms with Crippen LogP contribution in [0.2, 0.25) is 0 Å². The Morgan fingerprint density at radius 3 is 2.70 bits per heavy atom. The zero-order valence-electron chi connectivity index (χ0n) is 15.4. The third-order valence-electron chi connectivity index (χ3n) is 4.30. The normalized spacial score (nSPS) is 20.4. The summed E-state index contributed by atoms with van der Waals surface area (Å²) in [6.07, 6.45) is 6.18. The van der Waals surface area contributed by atoms with Gasteiger partial charge in [0.1, 0.15) is 5.60 Å². The summed E-state index contributed by atoms with van der Waals surface area (Å²) in [5.74, 6) is 0.517. The molecule has 1 heterocycles. The SMILES string of the molecule is CCCC(CCO)CNCC1CCCCN1C(=O)OC(C)(C)C. The molecule has 0 aromatic heterocycles. The van der Waals surface area contributed by atoms with E-state index in [4.69, 9.17) is 9.84 Å².